The Hall–Kier alpha value is -1.58. The first-order valence-electron chi connectivity index (χ1n) is 6.77. The van der Waals surface area contributed by atoms with E-state index in [1.165, 1.54) is 25.7 Å². The van der Waals surface area contributed by atoms with E-state index in [1.54, 1.807) is 0 Å². The lowest BCUT2D eigenvalue weighted by molar-refractivity contribution is 0.183. The molecule has 0 aliphatic heterocycles. The molecule has 0 saturated heterocycles. The summed E-state index contributed by atoms with van der Waals surface area (Å²) in [6.45, 7) is 4.43. The zero-order valence-electron chi connectivity index (χ0n) is 11.3. The predicted molar refractivity (Wildman–Crippen MR) is 72.3 cm³/mol. The van der Waals surface area contributed by atoms with Gasteiger partial charge >= 0.3 is 0 Å². The zero-order valence-corrected chi connectivity index (χ0v) is 11.3. The molecule has 0 spiro atoms. The summed E-state index contributed by atoms with van der Waals surface area (Å²) in [6.07, 6.45) is 13.8. The molecule has 2 aromatic heterocycles. The third-order valence-corrected chi connectivity index (χ3v) is 3.50. The molecule has 0 unspecified atom stereocenters. The minimum Gasteiger partial charge on any atom is -0.245 e. The van der Waals surface area contributed by atoms with Crippen molar-refractivity contribution in [2.75, 3.05) is 0 Å². The fourth-order valence-corrected chi connectivity index (χ4v) is 2.33. The van der Waals surface area contributed by atoms with Gasteiger partial charge in [0, 0.05) is 24.8 Å². The van der Waals surface area contributed by atoms with E-state index in [4.69, 9.17) is 0 Å². The summed E-state index contributed by atoms with van der Waals surface area (Å²) < 4.78 is 4.01. The van der Waals surface area contributed by atoms with Crippen molar-refractivity contribution < 1.29 is 0 Å². The van der Waals surface area contributed by atoms with Gasteiger partial charge in [-0.1, -0.05) is 26.2 Å². The lowest BCUT2D eigenvalue weighted by Gasteiger charge is -2.31. The fourth-order valence-electron chi connectivity index (χ4n) is 2.33. The summed E-state index contributed by atoms with van der Waals surface area (Å²) in [5, 5.41) is 8.80. The van der Waals surface area contributed by atoms with Crippen molar-refractivity contribution in [2.45, 2.75) is 51.6 Å². The zero-order chi connectivity index (χ0) is 12.8. The molecular weight excluding hydrogens is 224 g/mol. The van der Waals surface area contributed by atoms with Crippen LogP contribution >= 0.6 is 0 Å². The highest BCUT2D eigenvalue weighted by Crippen LogP contribution is 2.24. The Morgan fingerprint density at radius 3 is 2.00 bits per heavy atom. The largest absolute Gasteiger partial charge is 0.245 e. The summed E-state index contributed by atoms with van der Waals surface area (Å²) in [7, 11) is 0. The van der Waals surface area contributed by atoms with E-state index in [0.29, 0.717) is 0 Å². The molecular formula is C14H22N4. The number of aromatic nitrogens is 4. The van der Waals surface area contributed by atoms with Gasteiger partial charge in [0.1, 0.15) is 0 Å². The van der Waals surface area contributed by atoms with Crippen LogP contribution in [0.4, 0.5) is 0 Å². The second kappa shape index (κ2) is 5.85. The highest BCUT2D eigenvalue weighted by atomic mass is 15.5. The lowest BCUT2D eigenvalue weighted by atomic mass is 10.0. The highest BCUT2D eigenvalue weighted by molar-refractivity contribution is 4.92. The molecule has 2 aromatic rings. The van der Waals surface area contributed by atoms with Crippen molar-refractivity contribution in [3.63, 3.8) is 0 Å². The van der Waals surface area contributed by atoms with Gasteiger partial charge in [0.05, 0.1) is 0 Å². The number of hydrogen-bond acceptors (Lipinski definition) is 2. The summed E-state index contributed by atoms with van der Waals surface area (Å²) >= 11 is 0. The van der Waals surface area contributed by atoms with Crippen molar-refractivity contribution in [1.29, 1.82) is 0 Å². The van der Waals surface area contributed by atoms with E-state index in [2.05, 4.69) is 24.0 Å². The highest BCUT2D eigenvalue weighted by Gasteiger charge is 2.28. The van der Waals surface area contributed by atoms with Crippen LogP contribution in [0.15, 0.2) is 36.9 Å². The van der Waals surface area contributed by atoms with Gasteiger partial charge in [-0.05, 0) is 31.9 Å². The van der Waals surface area contributed by atoms with E-state index < -0.39 is 0 Å². The first kappa shape index (κ1) is 12.9. The molecule has 0 fully saturated rings. The summed E-state index contributed by atoms with van der Waals surface area (Å²) in [5.41, 5.74) is -0.194. The summed E-state index contributed by atoms with van der Waals surface area (Å²) in [5.74, 6) is 0. The van der Waals surface area contributed by atoms with Crippen molar-refractivity contribution >= 4 is 0 Å². The SMILES string of the molecule is CCCCCCC(C)(n1cccn1)n1cccn1. The Kier molecular flexibility index (Phi) is 4.18. The van der Waals surface area contributed by atoms with Gasteiger partial charge in [0.25, 0.3) is 0 Å². The number of unbranched alkanes of at least 4 members (excludes halogenated alkanes) is 3. The van der Waals surface area contributed by atoms with Crippen LogP contribution in [0, 0.1) is 0 Å². The standard InChI is InChI=1S/C14H22N4/c1-3-4-5-6-9-14(2,17-12-7-10-15-17)18-13-8-11-16-18/h7-8,10-13H,3-6,9H2,1-2H3. The Bertz CT molecular complexity index is 396. The van der Waals surface area contributed by atoms with Crippen LogP contribution in [-0.2, 0) is 5.66 Å². The Labute approximate surface area is 109 Å². The third-order valence-electron chi connectivity index (χ3n) is 3.50. The summed E-state index contributed by atoms with van der Waals surface area (Å²) in [6, 6.07) is 3.93. The monoisotopic (exact) mass is 246 g/mol. The van der Waals surface area contributed by atoms with E-state index >= 15 is 0 Å². The van der Waals surface area contributed by atoms with Crippen LogP contribution in [0.25, 0.3) is 0 Å². The molecule has 0 amide bonds. The molecule has 0 bridgehead atoms. The van der Waals surface area contributed by atoms with Crippen molar-refractivity contribution in [1.82, 2.24) is 19.6 Å². The molecule has 2 rings (SSSR count). The van der Waals surface area contributed by atoms with Crippen molar-refractivity contribution in [3.05, 3.63) is 36.9 Å². The van der Waals surface area contributed by atoms with E-state index in [9.17, 15) is 0 Å². The molecule has 2 heterocycles. The average molecular weight is 246 g/mol. The Morgan fingerprint density at radius 2 is 1.56 bits per heavy atom. The minimum atomic E-state index is -0.194. The second-order valence-electron chi connectivity index (χ2n) is 4.93. The smallest absolute Gasteiger partial charge is 0.151 e. The normalized spacial score (nSPS) is 11.9. The molecule has 18 heavy (non-hydrogen) atoms. The maximum absolute atomic E-state index is 4.40. The maximum atomic E-state index is 4.40. The van der Waals surface area contributed by atoms with Gasteiger partial charge in [0.15, 0.2) is 5.66 Å². The third kappa shape index (κ3) is 2.63. The molecule has 0 aromatic carbocycles. The van der Waals surface area contributed by atoms with E-state index in [0.717, 1.165) is 6.42 Å². The second-order valence-corrected chi connectivity index (χ2v) is 4.93. The lowest BCUT2D eigenvalue weighted by Crippen LogP contribution is -2.39. The van der Waals surface area contributed by atoms with Crippen LogP contribution in [0.3, 0.4) is 0 Å². The van der Waals surface area contributed by atoms with E-state index in [1.807, 2.05) is 46.3 Å². The first-order valence-corrected chi connectivity index (χ1v) is 6.77. The number of hydrogen-bond donors (Lipinski definition) is 0. The van der Waals surface area contributed by atoms with Crippen LogP contribution in [0.5, 0.6) is 0 Å². The molecule has 0 saturated carbocycles. The van der Waals surface area contributed by atoms with Crippen molar-refractivity contribution in [2.24, 2.45) is 0 Å². The topological polar surface area (TPSA) is 35.6 Å². The maximum Gasteiger partial charge on any atom is 0.151 e. The molecule has 4 heteroatoms. The minimum absolute atomic E-state index is 0.194. The van der Waals surface area contributed by atoms with Gasteiger partial charge in [-0.15, -0.1) is 0 Å². The van der Waals surface area contributed by atoms with Crippen LogP contribution in [0.2, 0.25) is 0 Å². The first-order chi connectivity index (χ1) is 8.77. The van der Waals surface area contributed by atoms with Crippen LogP contribution in [0.1, 0.15) is 46.0 Å². The molecule has 0 radical (unpaired) electrons. The number of rotatable bonds is 7. The predicted octanol–water partition coefficient (Wildman–Crippen LogP) is 3.27. The summed E-state index contributed by atoms with van der Waals surface area (Å²) in [4.78, 5) is 0. The quantitative estimate of drug-likeness (QED) is 0.703. The van der Waals surface area contributed by atoms with Gasteiger partial charge < -0.3 is 0 Å². The van der Waals surface area contributed by atoms with E-state index in [-0.39, 0.29) is 5.66 Å². The molecule has 0 aliphatic rings. The average Bonchev–Trinajstić information content (AvgIpc) is 3.05. The van der Waals surface area contributed by atoms with Gasteiger partial charge in [-0.3, -0.25) is 0 Å². The van der Waals surface area contributed by atoms with Gasteiger partial charge in [-0.25, -0.2) is 9.36 Å². The molecule has 0 N–H and O–H groups in total. The van der Waals surface area contributed by atoms with Gasteiger partial charge in [0.2, 0.25) is 0 Å². The number of nitrogens with zero attached hydrogens (tertiary/aromatic N) is 4. The fraction of sp³-hybridized carbons (Fsp3) is 0.571. The van der Waals surface area contributed by atoms with Crippen molar-refractivity contribution in [3.8, 4) is 0 Å². The van der Waals surface area contributed by atoms with Crippen LogP contribution in [-0.4, -0.2) is 19.6 Å². The molecule has 4 nitrogen and oxygen atoms in total. The molecule has 0 aliphatic carbocycles. The van der Waals surface area contributed by atoms with Gasteiger partial charge in [-0.2, -0.15) is 10.2 Å². The molecule has 0 atom stereocenters. The Balaban J connectivity index is 2.13. The Morgan fingerprint density at radius 1 is 0.944 bits per heavy atom. The van der Waals surface area contributed by atoms with Crippen LogP contribution < -0.4 is 0 Å². The molecule has 98 valence electrons.